The molecule has 3 aromatic carbocycles. The van der Waals surface area contributed by atoms with Crippen LogP contribution in [0.1, 0.15) is 16.7 Å². The number of aromatic hydroxyl groups is 1. The Morgan fingerprint density at radius 2 is 1.64 bits per heavy atom. The number of aryl methyl sites for hydroxylation is 1. The number of rotatable bonds is 1. The molecule has 1 nitrogen and oxygen atoms in total. The maximum Gasteiger partial charge on any atom is 0.132 e. The molecule has 0 spiro atoms. The van der Waals surface area contributed by atoms with Crippen molar-refractivity contribution in [1.82, 2.24) is 0 Å². The van der Waals surface area contributed by atoms with Crippen LogP contribution >= 0.6 is 15.9 Å². The Labute approximate surface area is 138 Å². The van der Waals surface area contributed by atoms with Gasteiger partial charge in [0.1, 0.15) is 5.75 Å². The normalized spacial score (nSPS) is 12.1. The molecule has 0 radical (unpaired) electrons. The topological polar surface area (TPSA) is 20.2 Å². The zero-order chi connectivity index (χ0) is 15.3. The summed E-state index contributed by atoms with van der Waals surface area (Å²) in [5.74, 6) is 0.319. The summed E-state index contributed by atoms with van der Waals surface area (Å²) in [5, 5.41) is 9.97. The molecule has 22 heavy (non-hydrogen) atoms. The maximum absolute atomic E-state index is 9.97. The van der Waals surface area contributed by atoms with E-state index in [1.54, 1.807) is 0 Å². The molecule has 1 N–H and O–H groups in total. The standard InChI is InChI=1S/C20H15BrO/c1-12-9-14(11-19(21)20(12)22)16-7-4-8-17-15-6-3-2-5-13(15)10-18(16)17/h2-9,11,22H,10H2,1H3. The van der Waals surface area contributed by atoms with Gasteiger partial charge in [0.15, 0.2) is 0 Å². The lowest BCUT2D eigenvalue weighted by molar-refractivity contribution is 0.468. The number of phenols is 1. The van der Waals surface area contributed by atoms with Gasteiger partial charge in [-0.05, 0) is 80.4 Å². The summed E-state index contributed by atoms with van der Waals surface area (Å²) in [7, 11) is 0. The van der Waals surface area contributed by atoms with Crippen LogP contribution in [0.4, 0.5) is 0 Å². The molecule has 3 aromatic rings. The van der Waals surface area contributed by atoms with Gasteiger partial charge in [-0.1, -0.05) is 42.5 Å². The summed E-state index contributed by atoms with van der Waals surface area (Å²) in [4.78, 5) is 0. The second-order valence-corrected chi connectivity index (χ2v) is 6.64. The van der Waals surface area contributed by atoms with Crippen molar-refractivity contribution >= 4 is 15.9 Å². The van der Waals surface area contributed by atoms with Gasteiger partial charge >= 0.3 is 0 Å². The summed E-state index contributed by atoms with van der Waals surface area (Å²) in [6.45, 7) is 1.93. The first-order valence-electron chi connectivity index (χ1n) is 7.35. The smallest absolute Gasteiger partial charge is 0.132 e. The van der Waals surface area contributed by atoms with E-state index in [1.165, 1.54) is 27.8 Å². The Balaban J connectivity index is 1.93. The van der Waals surface area contributed by atoms with Gasteiger partial charge in [0.05, 0.1) is 4.47 Å². The van der Waals surface area contributed by atoms with E-state index in [-0.39, 0.29) is 0 Å². The molecule has 0 unspecified atom stereocenters. The van der Waals surface area contributed by atoms with E-state index in [0.717, 1.165) is 22.0 Å². The zero-order valence-corrected chi connectivity index (χ0v) is 13.8. The van der Waals surface area contributed by atoms with Crippen molar-refractivity contribution in [2.75, 3.05) is 0 Å². The lowest BCUT2D eigenvalue weighted by atomic mass is 9.94. The Morgan fingerprint density at radius 3 is 2.45 bits per heavy atom. The minimum absolute atomic E-state index is 0.319. The lowest BCUT2D eigenvalue weighted by Gasteiger charge is -2.11. The molecule has 0 saturated heterocycles. The van der Waals surface area contributed by atoms with Gasteiger partial charge in [-0.15, -0.1) is 0 Å². The molecule has 0 atom stereocenters. The molecule has 0 bridgehead atoms. The third-order valence-electron chi connectivity index (χ3n) is 4.42. The molecule has 0 amide bonds. The lowest BCUT2D eigenvalue weighted by Crippen LogP contribution is -1.89. The fraction of sp³-hybridized carbons (Fsp3) is 0.100. The molecule has 0 aromatic heterocycles. The SMILES string of the molecule is Cc1cc(-c2cccc3c2Cc2ccccc2-3)cc(Br)c1O. The average Bonchev–Trinajstić information content (AvgIpc) is 2.90. The monoisotopic (exact) mass is 350 g/mol. The quantitative estimate of drug-likeness (QED) is 0.466. The van der Waals surface area contributed by atoms with E-state index in [4.69, 9.17) is 0 Å². The highest BCUT2D eigenvalue weighted by Crippen LogP contribution is 2.42. The molecular formula is C20H15BrO. The van der Waals surface area contributed by atoms with Crippen LogP contribution in [0.15, 0.2) is 59.1 Å². The van der Waals surface area contributed by atoms with E-state index < -0.39 is 0 Å². The van der Waals surface area contributed by atoms with Crippen LogP contribution < -0.4 is 0 Å². The van der Waals surface area contributed by atoms with E-state index >= 15 is 0 Å². The van der Waals surface area contributed by atoms with Crippen LogP contribution in [0, 0.1) is 6.92 Å². The molecule has 0 fully saturated rings. The van der Waals surface area contributed by atoms with Crippen LogP contribution in [0.2, 0.25) is 0 Å². The van der Waals surface area contributed by atoms with Gasteiger partial charge in [-0.25, -0.2) is 0 Å². The van der Waals surface area contributed by atoms with E-state index in [2.05, 4.69) is 64.5 Å². The Morgan fingerprint density at radius 1 is 0.909 bits per heavy atom. The first-order valence-corrected chi connectivity index (χ1v) is 8.14. The van der Waals surface area contributed by atoms with Crippen molar-refractivity contribution in [3.63, 3.8) is 0 Å². The summed E-state index contributed by atoms with van der Waals surface area (Å²) in [5.41, 5.74) is 8.71. The van der Waals surface area contributed by atoms with Crippen LogP contribution in [-0.2, 0) is 6.42 Å². The predicted octanol–water partition coefficient (Wildman–Crippen LogP) is 5.70. The second-order valence-electron chi connectivity index (χ2n) is 5.79. The summed E-state index contributed by atoms with van der Waals surface area (Å²) in [6.07, 6.45) is 0.971. The number of benzene rings is 3. The first kappa shape index (κ1) is 13.6. The average molecular weight is 351 g/mol. The molecule has 2 heteroatoms. The third kappa shape index (κ3) is 1.98. The van der Waals surface area contributed by atoms with Gasteiger partial charge in [0.2, 0.25) is 0 Å². The molecular weight excluding hydrogens is 336 g/mol. The fourth-order valence-electron chi connectivity index (χ4n) is 3.32. The number of hydrogen-bond acceptors (Lipinski definition) is 1. The highest BCUT2D eigenvalue weighted by atomic mass is 79.9. The van der Waals surface area contributed by atoms with Gasteiger partial charge < -0.3 is 5.11 Å². The molecule has 1 aliphatic rings. The van der Waals surface area contributed by atoms with Crippen molar-refractivity contribution in [3.05, 3.63) is 75.8 Å². The van der Waals surface area contributed by atoms with Crippen LogP contribution in [0.5, 0.6) is 5.75 Å². The van der Waals surface area contributed by atoms with Crippen molar-refractivity contribution in [2.24, 2.45) is 0 Å². The first-order chi connectivity index (χ1) is 10.6. The summed E-state index contributed by atoms with van der Waals surface area (Å²) < 4.78 is 0.746. The van der Waals surface area contributed by atoms with Crippen LogP contribution in [0.3, 0.4) is 0 Å². The Bertz CT molecular complexity index is 873. The van der Waals surface area contributed by atoms with Gasteiger partial charge in [0.25, 0.3) is 0 Å². The number of fused-ring (bicyclic) bond motifs is 3. The van der Waals surface area contributed by atoms with Crippen molar-refractivity contribution in [1.29, 1.82) is 0 Å². The maximum atomic E-state index is 9.97. The van der Waals surface area contributed by atoms with Gasteiger partial charge in [-0.2, -0.15) is 0 Å². The van der Waals surface area contributed by atoms with E-state index in [0.29, 0.717) is 5.75 Å². The second kappa shape index (κ2) is 4.99. The Hall–Kier alpha value is -2.06. The van der Waals surface area contributed by atoms with Crippen molar-refractivity contribution in [3.8, 4) is 28.0 Å². The molecule has 0 aliphatic heterocycles. The number of phenolic OH excluding ortho intramolecular Hbond substituents is 1. The van der Waals surface area contributed by atoms with Crippen molar-refractivity contribution < 1.29 is 5.11 Å². The van der Waals surface area contributed by atoms with E-state index in [9.17, 15) is 5.11 Å². The largest absolute Gasteiger partial charge is 0.506 e. The minimum Gasteiger partial charge on any atom is -0.506 e. The Kier molecular flexibility index (Phi) is 3.08. The highest BCUT2D eigenvalue weighted by Gasteiger charge is 2.21. The molecule has 1 aliphatic carbocycles. The van der Waals surface area contributed by atoms with Crippen LogP contribution in [-0.4, -0.2) is 5.11 Å². The highest BCUT2D eigenvalue weighted by molar-refractivity contribution is 9.10. The molecule has 108 valence electrons. The van der Waals surface area contributed by atoms with Gasteiger partial charge in [0, 0.05) is 0 Å². The van der Waals surface area contributed by atoms with Gasteiger partial charge in [-0.3, -0.25) is 0 Å². The fourth-order valence-corrected chi connectivity index (χ4v) is 3.88. The van der Waals surface area contributed by atoms with E-state index in [1.807, 2.05) is 13.0 Å². The number of halogens is 1. The third-order valence-corrected chi connectivity index (χ3v) is 5.02. The summed E-state index contributed by atoms with van der Waals surface area (Å²) >= 11 is 3.45. The molecule has 0 heterocycles. The minimum atomic E-state index is 0.319. The van der Waals surface area contributed by atoms with Crippen molar-refractivity contribution in [2.45, 2.75) is 13.3 Å². The van der Waals surface area contributed by atoms with Crippen LogP contribution in [0.25, 0.3) is 22.3 Å². The number of hydrogen-bond donors (Lipinski definition) is 1. The predicted molar refractivity (Wildman–Crippen MR) is 94.2 cm³/mol. The summed E-state index contributed by atoms with van der Waals surface area (Å²) in [6, 6.07) is 19.1. The molecule has 4 rings (SSSR count). The molecule has 0 saturated carbocycles. The zero-order valence-electron chi connectivity index (χ0n) is 12.2.